The molecule has 0 aliphatic carbocycles. The van der Waals surface area contributed by atoms with E-state index in [-0.39, 0.29) is 25.3 Å². The Balaban J connectivity index is 3.02. The Morgan fingerprint density at radius 2 is 1.44 bits per heavy atom. The molecule has 1 aromatic carbocycles. The van der Waals surface area contributed by atoms with Gasteiger partial charge >= 0.3 is 0 Å². The van der Waals surface area contributed by atoms with Crippen molar-refractivity contribution < 1.29 is 29.1 Å². The highest BCUT2D eigenvalue weighted by Gasteiger charge is 2.30. The topological polar surface area (TPSA) is 180 Å². The van der Waals surface area contributed by atoms with E-state index < -0.39 is 54.4 Å². The molecule has 0 bridgehead atoms. The van der Waals surface area contributed by atoms with Crippen LogP contribution in [0.4, 0.5) is 0 Å². The maximum absolute atomic E-state index is 13.1. The molecule has 0 unspecified atom stereocenters. The van der Waals surface area contributed by atoms with Gasteiger partial charge in [-0.25, -0.2) is 0 Å². The molecular formula is C23H35N5O6. The highest BCUT2D eigenvalue weighted by Crippen LogP contribution is 2.08. The summed E-state index contributed by atoms with van der Waals surface area (Å²) in [7, 11) is 0. The number of aldehydes is 1. The van der Waals surface area contributed by atoms with E-state index in [1.807, 2.05) is 19.9 Å². The summed E-state index contributed by atoms with van der Waals surface area (Å²) < 4.78 is 0. The van der Waals surface area contributed by atoms with Crippen LogP contribution in [0.1, 0.15) is 32.8 Å². The Labute approximate surface area is 199 Å². The van der Waals surface area contributed by atoms with Gasteiger partial charge in [0.15, 0.2) is 0 Å². The van der Waals surface area contributed by atoms with Crippen LogP contribution in [0.25, 0.3) is 0 Å². The van der Waals surface area contributed by atoms with Gasteiger partial charge in [-0.05, 0) is 24.8 Å². The molecule has 4 atom stereocenters. The van der Waals surface area contributed by atoms with Crippen molar-refractivity contribution in [1.29, 1.82) is 0 Å². The summed E-state index contributed by atoms with van der Waals surface area (Å²) >= 11 is 0. The Morgan fingerprint density at radius 1 is 0.882 bits per heavy atom. The molecule has 0 aliphatic rings. The standard InChI is InChI=1S/C23H35N5O6/c1-14(2)11-17(22(33)28-19(13-30)21(32)25-9-10-29)27-23(34)18(26-20(31)15(3)24)12-16-7-5-4-6-8-16/h4-8,10,14-15,17-19,30H,9,11-13,24H2,1-3H3,(H,25,32)(H,26,31)(H,27,34)(H,28,33)/t15-,17-,18-,19-/m0/s1. The van der Waals surface area contributed by atoms with Gasteiger partial charge in [0.25, 0.3) is 0 Å². The second-order valence-electron chi connectivity index (χ2n) is 8.39. The normalized spacial score (nSPS) is 14.3. The minimum absolute atomic E-state index is 0.00116. The van der Waals surface area contributed by atoms with Crippen LogP contribution in [0.5, 0.6) is 0 Å². The largest absolute Gasteiger partial charge is 0.394 e. The highest BCUT2D eigenvalue weighted by atomic mass is 16.3. The van der Waals surface area contributed by atoms with Gasteiger partial charge in [0.2, 0.25) is 23.6 Å². The maximum Gasteiger partial charge on any atom is 0.245 e. The third-order valence-electron chi connectivity index (χ3n) is 4.84. The number of nitrogens with one attached hydrogen (secondary N) is 4. The lowest BCUT2D eigenvalue weighted by Gasteiger charge is -2.26. The number of carbonyl (C=O) groups excluding carboxylic acids is 5. The van der Waals surface area contributed by atoms with Gasteiger partial charge in [0.1, 0.15) is 24.4 Å². The first-order chi connectivity index (χ1) is 16.1. The van der Waals surface area contributed by atoms with E-state index in [1.54, 1.807) is 24.3 Å². The van der Waals surface area contributed by atoms with Crippen molar-refractivity contribution in [2.24, 2.45) is 11.7 Å². The molecule has 1 rings (SSSR count). The average molecular weight is 478 g/mol. The summed E-state index contributed by atoms with van der Waals surface area (Å²) in [6.45, 7) is 4.24. The average Bonchev–Trinajstić information content (AvgIpc) is 2.80. The van der Waals surface area contributed by atoms with Crippen LogP contribution in [0, 0.1) is 5.92 Å². The van der Waals surface area contributed by atoms with Crippen LogP contribution >= 0.6 is 0 Å². The lowest BCUT2D eigenvalue weighted by Crippen LogP contribution is -2.58. The third kappa shape index (κ3) is 10.1. The minimum Gasteiger partial charge on any atom is -0.394 e. The molecule has 0 spiro atoms. The molecule has 0 saturated carbocycles. The number of carbonyl (C=O) groups is 5. The monoisotopic (exact) mass is 477 g/mol. The molecule has 7 N–H and O–H groups in total. The van der Waals surface area contributed by atoms with Crippen molar-refractivity contribution in [2.45, 2.75) is 57.8 Å². The van der Waals surface area contributed by atoms with Crippen molar-refractivity contribution in [3.05, 3.63) is 35.9 Å². The van der Waals surface area contributed by atoms with Gasteiger partial charge in [-0.2, -0.15) is 0 Å². The zero-order valence-corrected chi connectivity index (χ0v) is 19.7. The maximum atomic E-state index is 13.1. The molecule has 0 radical (unpaired) electrons. The van der Waals surface area contributed by atoms with Gasteiger partial charge in [-0.1, -0.05) is 44.2 Å². The number of hydrogen-bond acceptors (Lipinski definition) is 7. The Morgan fingerprint density at radius 3 is 1.97 bits per heavy atom. The zero-order valence-electron chi connectivity index (χ0n) is 19.7. The Kier molecular flexibility index (Phi) is 12.5. The molecule has 34 heavy (non-hydrogen) atoms. The van der Waals surface area contributed by atoms with Gasteiger partial charge < -0.3 is 36.9 Å². The summed E-state index contributed by atoms with van der Waals surface area (Å²) in [5, 5.41) is 19.4. The fourth-order valence-electron chi connectivity index (χ4n) is 3.07. The fourth-order valence-corrected chi connectivity index (χ4v) is 3.07. The molecule has 0 fully saturated rings. The minimum atomic E-state index is -1.29. The number of rotatable bonds is 14. The molecule has 0 aliphatic heterocycles. The van der Waals surface area contributed by atoms with Gasteiger partial charge in [0, 0.05) is 6.42 Å². The lowest BCUT2D eigenvalue weighted by molar-refractivity contribution is -0.134. The van der Waals surface area contributed by atoms with Crippen LogP contribution in [0.2, 0.25) is 0 Å². The van der Waals surface area contributed by atoms with Gasteiger partial charge in [-0.15, -0.1) is 0 Å². The van der Waals surface area contributed by atoms with E-state index in [1.165, 1.54) is 6.92 Å². The predicted molar refractivity (Wildman–Crippen MR) is 125 cm³/mol. The number of benzene rings is 1. The van der Waals surface area contributed by atoms with E-state index in [4.69, 9.17) is 5.73 Å². The molecule has 11 heteroatoms. The molecule has 188 valence electrons. The SMILES string of the molecule is CC(C)C[C@H](NC(=O)[C@H](Cc1ccccc1)NC(=O)[C@H](C)N)C(=O)N[C@@H](CO)C(=O)NCC=O. The summed E-state index contributed by atoms with van der Waals surface area (Å²) in [5.74, 6) is -2.53. The second-order valence-corrected chi connectivity index (χ2v) is 8.39. The van der Waals surface area contributed by atoms with Crippen LogP contribution in [0.15, 0.2) is 30.3 Å². The first-order valence-corrected chi connectivity index (χ1v) is 11.1. The molecule has 11 nitrogen and oxygen atoms in total. The highest BCUT2D eigenvalue weighted by molar-refractivity contribution is 5.95. The summed E-state index contributed by atoms with van der Waals surface area (Å²) in [5.41, 5.74) is 6.43. The molecule has 0 saturated heterocycles. The molecule has 1 aromatic rings. The number of aliphatic hydroxyl groups is 1. The van der Waals surface area contributed by atoms with Gasteiger partial charge in [0.05, 0.1) is 19.2 Å². The lowest BCUT2D eigenvalue weighted by atomic mass is 10.0. The van der Waals surface area contributed by atoms with E-state index in [0.29, 0.717) is 6.29 Å². The summed E-state index contributed by atoms with van der Waals surface area (Å²) in [6.07, 6.45) is 0.888. The number of aliphatic hydroxyl groups excluding tert-OH is 1. The van der Waals surface area contributed by atoms with Crippen LogP contribution in [0.3, 0.4) is 0 Å². The smallest absolute Gasteiger partial charge is 0.245 e. The zero-order chi connectivity index (χ0) is 25.7. The van der Waals surface area contributed by atoms with Crippen LogP contribution in [-0.4, -0.2) is 72.3 Å². The van der Waals surface area contributed by atoms with Crippen molar-refractivity contribution in [3.8, 4) is 0 Å². The Hall–Kier alpha value is -3.31. The summed E-state index contributed by atoms with van der Waals surface area (Å²) in [4.78, 5) is 60.7. The first kappa shape index (κ1) is 28.7. The van der Waals surface area contributed by atoms with Gasteiger partial charge in [-0.3, -0.25) is 19.2 Å². The quantitative estimate of drug-likeness (QED) is 0.174. The van der Waals surface area contributed by atoms with E-state index in [9.17, 15) is 29.1 Å². The van der Waals surface area contributed by atoms with E-state index >= 15 is 0 Å². The molecule has 0 heterocycles. The second kappa shape index (κ2) is 14.8. The first-order valence-electron chi connectivity index (χ1n) is 11.1. The molecule has 0 aromatic heterocycles. The number of nitrogens with two attached hydrogens (primary N) is 1. The van der Waals surface area contributed by atoms with Crippen molar-refractivity contribution in [3.63, 3.8) is 0 Å². The van der Waals surface area contributed by atoms with Crippen LogP contribution in [-0.2, 0) is 30.4 Å². The fraction of sp³-hybridized carbons (Fsp3) is 0.522. The Bertz CT molecular complexity index is 830. The van der Waals surface area contributed by atoms with Crippen molar-refractivity contribution in [1.82, 2.24) is 21.3 Å². The van der Waals surface area contributed by atoms with Crippen LogP contribution < -0.4 is 27.0 Å². The molecular weight excluding hydrogens is 442 g/mol. The number of amides is 4. The molecule has 4 amide bonds. The van der Waals surface area contributed by atoms with E-state index in [2.05, 4.69) is 21.3 Å². The van der Waals surface area contributed by atoms with E-state index in [0.717, 1.165) is 5.56 Å². The predicted octanol–water partition coefficient (Wildman–Crippen LogP) is -1.62. The third-order valence-corrected chi connectivity index (χ3v) is 4.84. The summed E-state index contributed by atoms with van der Waals surface area (Å²) in [6, 6.07) is 4.88. The van der Waals surface area contributed by atoms with Crippen molar-refractivity contribution >= 4 is 29.9 Å². The number of hydrogen-bond donors (Lipinski definition) is 6. The van der Waals surface area contributed by atoms with Crippen molar-refractivity contribution in [2.75, 3.05) is 13.2 Å².